The number of hydrogen-bond acceptors (Lipinski definition) is 4. The average Bonchev–Trinajstić information content (AvgIpc) is 2.92. The number of rotatable bonds is 5. The van der Waals surface area contributed by atoms with Gasteiger partial charge in [0, 0.05) is 24.5 Å². The summed E-state index contributed by atoms with van der Waals surface area (Å²) in [5.41, 5.74) is 8.27. The van der Waals surface area contributed by atoms with Crippen molar-refractivity contribution in [2.75, 3.05) is 13.6 Å². The van der Waals surface area contributed by atoms with Gasteiger partial charge in [-0.05, 0) is 24.7 Å². The second kappa shape index (κ2) is 6.55. The molecule has 0 aliphatic carbocycles. The molecule has 0 fully saturated rings. The lowest BCUT2D eigenvalue weighted by atomic mass is 10.0. The Morgan fingerprint density at radius 1 is 1.38 bits per heavy atom. The normalized spacial score (nSPS) is 13.6. The van der Waals surface area contributed by atoms with E-state index < -0.39 is 11.7 Å². The van der Waals surface area contributed by atoms with Crippen LogP contribution in [0, 0.1) is 0 Å². The SMILES string of the molecule is CN(Cc1cscn1)C(CN)c1cccc(C(F)(F)F)c1. The smallest absolute Gasteiger partial charge is 0.329 e. The molecule has 1 unspecified atom stereocenters. The van der Waals surface area contributed by atoms with E-state index >= 15 is 0 Å². The Morgan fingerprint density at radius 3 is 2.71 bits per heavy atom. The van der Waals surface area contributed by atoms with E-state index in [1.54, 1.807) is 11.6 Å². The minimum atomic E-state index is -4.34. The van der Waals surface area contributed by atoms with E-state index in [2.05, 4.69) is 4.98 Å². The predicted molar refractivity (Wildman–Crippen MR) is 76.8 cm³/mol. The van der Waals surface area contributed by atoms with E-state index in [0.717, 1.165) is 17.8 Å². The Bertz CT molecular complexity index is 569. The molecule has 0 aliphatic heterocycles. The van der Waals surface area contributed by atoms with Crippen LogP contribution in [0.1, 0.15) is 22.9 Å². The molecule has 0 saturated heterocycles. The summed E-state index contributed by atoms with van der Waals surface area (Å²) in [6.45, 7) is 0.781. The third-order valence-electron chi connectivity index (χ3n) is 3.25. The molecule has 1 atom stereocenters. The third kappa shape index (κ3) is 4.03. The topological polar surface area (TPSA) is 42.2 Å². The van der Waals surface area contributed by atoms with Crippen molar-refractivity contribution < 1.29 is 13.2 Å². The van der Waals surface area contributed by atoms with Crippen molar-refractivity contribution in [1.82, 2.24) is 9.88 Å². The molecule has 0 spiro atoms. The van der Waals surface area contributed by atoms with Gasteiger partial charge in [0.2, 0.25) is 0 Å². The fourth-order valence-corrected chi connectivity index (χ4v) is 2.72. The Balaban J connectivity index is 2.20. The van der Waals surface area contributed by atoms with Gasteiger partial charge in [-0.1, -0.05) is 12.1 Å². The number of thiazole rings is 1. The number of nitrogens with two attached hydrogens (primary N) is 1. The molecule has 0 saturated carbocycles. The molecule has 21 heavy (non-hydrogen) atoms. The summed E-state index contributed by atoms with van der Waals surface area (Å²) in [5.74, 6) is 0. The number of alkyl halides is 3. The van der Waals surface area contributed by atoms with Gasteiger partial charge in [-0.2, -0.15) is 13.2 Å². The fourth-order valence-electron chi connectivity index (χ4n) is 2.17. The summed E-state index contributed by atoms with van der Waals surface area (Å²) in [5, 5.41) is 1.91. The van der Waals surface area contributed by atoms with Crippen LogP contribution in [0.3, 0.4) is 0 Å². The molecule has 114 valence electrons. The molecule has 7 heteroatoms. The van der Waals surface area contributed by atoms with Gasteiger partial charge in [-0.15, -0.1) is 11.3 Å². The molecule has 0 bridgehead atoms. The molecule has 3 nitrogen and oxygen atoms in total. The Labute approximate surface area is 125 Å². The summed E-state index contributed by atoms with van der Waals surface area (Å²) in [7, 11) is 1.83. The van der Waals surface area contributed by atoms with Crippen LogP contribution in [-0.4, -0.2) is 23.5 Å². The molecular weight excluding hydrogens is 299 g/mol. The van der Waals surface area contributed by atoms with Crippen molar-refractivity contribution >= 4 is 11.3 Å². The average molecular weight is 315 g/mol. The highest BCUT2D eigenvalue weighted by molar-refractivity contribution is 7.07. The van der Waals surface area contributed by atoms with E-state index in [0.29, 0.717) is 12.1 Å². The maximum absolute atomic E-state index is 12.8. The van der Waals surface area contributed by atoms with Crippen molar-refractivity contribution in [3.63, 3.8) is 0 Å². The Hall–Kier alpha value is -1.44. The number of likely N-dealkylation sites (N-methyl/N-ethyl adjacent to an activating group) is 1. The fraction of sp³-hybridized carbons (Fsp3) is 0.357. The second-order valence-electron chi connectivity index (χ2n) is 4.77. The largest absolute Gasteiger partial charge is 0.416 e. The highest BCUT2D eigenvalue weighted by Gasteiger charge is 2.31. The van der Waals surface area contributed by atoms with Gasteiger partial charge in [-0.25, -0.2) is 4.98 Å². The molecule has 2 aromatic rings. The van der Waals surface area contributed by atoms with E-state index in [1.807, 2.05) is 17.3 Å². The maximum Gasteiger partial charge on any atom is 0.416 e. The lowest BCUT2D eigenvalue weighted by Crippen LogP contribution is -2.30. The molecule has 1 aromatic carbocycles. The summed E-state index contributed by atoms with van der Waals surface area (Å²) in [6, 6.07) is 5.03. The van der Waals surface area contributed by atoms with E-state index in [9.17, 15) is 13.2 Å². The van der Waals surface area contributed by atoms with E-state index in [-0.39, 0.29) is 12.6 Å². The van der Waals surface area contributed by atoms with Crippen LogP contribution in [0.15, 0.2) is 35.2 Å². The number of hydrogen-bond donors (Lipinski definition) is 1. The quantitative estimate of drug-likeness (QED) is 0.920. The van der Waals surface area contributed by atoms with Crippen molar-refractivity contribution in [3.05, 3.63) is 52.0 Å². The Kier molecular flexibility index (Phi) is 4.97. The molecule has 1 heterocycles. The van der Waals surface area contributed by atoms with Crippen molar-refractivity contribution in [3.8, 4) is 0 Å². The zero-order chi connectivity index (χ0) is 15.5. The third-order valence-corrected chi connectivity index (χ3v) is 3.88. The number of halogens is 3. The van der Waals surface area contributed by atoms with Crippen molar-refractivity contribution in [2.45, 2.75) is 18.8 Å². The second-order valence-corrected chi connectivity index (χ2v) is 5.49. The Morgan fingerprint density at radius 2 is 2.14 bits per heavy atom. The zero-order valence-electron chi connectivity index (χ0n) is 11.5. The van der Waals surface area contributed by atoms with Crippen LogP contribution in [0.4, 0.5) is 13.2 Å². The minimum Gasteiger partial charge on any atom is -0.329 e. The first-order valence-electron chi connectivity index (χ1n) is 6.36. The first-order chi connectivity index (χ1) is 9.91. The molecule has 2 rings (SSSR count). The van der Waals surface area contributed by atoms with E-state index in [1.165, 1.54) is 17.4 Å². The van der Waals surface area contributed by atoms with Crippen LogP contribution in [0.25, 0.3) is 0 Å². The molecule has 0 aliphatic rings. The standard InChI is InChI=1S/C14H16F3N3S/c1-20(7-12-8-21-9-19-12)13(6-18)10-3-2-4-11(5-10)14(15,16)17/h2-5,8-9,13H,6-7,18H2,1H3. The van der Waals surface area contributed by atoms with Gasteiger partial charge >= 0.3 is 6.18 Å². The summed E-state index contributed by atoms with van der Waals surface area (Å²) < 4.78 is 38.4. The summed E-state index contributed by atoms with van der Waals surface area (Å²) in [4.78, 5) is 6.09. The molecule has 0 radical (unpaired) electrons. The van der Waals surface area contributed by atoms with Gasteiger partial charge in [-0.3, -0.25) is 4.90 Å². The van der Waals surface area contributed by atoms with Gasteiger partial charge in [0.15, 0.2) is 0 Å². The number of benzene rings is 1. The monoisotopic (exact) mass is 315 g/mol. The van der Waals surface area contributed by atoms with Crippen molar-refractivity contribution in [2.24, 2.45) is 5.73 Å². The van der Waals surface area contributed by atoms with Crippen LogP contribution < -0.4 is 5.73 Å². The van der Waals surface area contributed by atoms with Gasteiger partial charge in [0.05, 0.1) is 16.8 Å². The van der Waals surface area contributed by atoms with E-state index in [4.69, 9.17) is 5.73 Å². The summed E-state index contributed by atoms with van der Waals surface area (Å²) in [6.07, 6.45) is -4.34. The van der Waals surface area contributed by atoms with Crippen LogP contribution >= 0.6 is 11.3 Å². The lowest BCUT2D eigenvalue weighted by Gasteiger charge is -2.27. The maximum atomic E-state index is 12.8. The van der Waals surface area contributed by atoms with Crippen LogP contribution in [0.5, 0.6) is 0 Å². The molecular formula is C14H16F3N3S. The van der Waals surface area contributed by atoms with Crippen LogP contribution in [0.2, 0.25) is 0 Å². The summed E-state index contributed by atoms with van der Waals surface area (Å²) >= 11 is 1.48. The van der Waals surface area contributed by atoms with Gasteiger partial charge < -0.3 is 5.73 Å². The molecule has 1 aromatic heterocycles. The zero-order valence-corrected chi connectivity index (χ0v) is 12.3. The van der Waals surface area contributed by atoms with Crippen molar-refractivity contribution in [1.29, 1.82) is 0 Å². The van der Waals surface area contributed by atoms with Gasteiger partial charge in [0.1, 0.15) is 0 Å². The minimum absolute atomic E-state index is 0.238. The number of nitrogens with zero attached hydrogens (tertiary/aromatic N) is 2. The first kappa shape index (κ1) is 15.9. The van der Waals surface area contributed by atoms with Gasteiger partial charge in [0.25, 0.3) is 0 Å². The molecule has 0 amide bonds. The lowest BCUT2D eigenvalue weighted by molar-refractivity contribution is -0.137. The molecule has 2 N–H and O–H groups in total. The first-order valence-corrected chi connectivity index (χ1v) is 7.30. The highest BCUT2D eigenvalue weighted by Crippen LogP contribution is 2.31. The predicted octanol–water partition coefficient (Wildman–Crippen LogP) is 3.29. The number of aromatic nitrogens is 1. The van der Waals surface area contributed by atoms with Crippen LogP contribution in [-0.2, 0) is 12.7 Å². The highest BCUT2D eigenvalue weighted by atomic mass is 32.1.